The Morgan fingerprint density at radius 1 is 1.28 bits per heavy atom. The van der Waals surface area contributed by atoms with Crippen molar-refractivity contribution >= 4 is 6.03 Å². The Labute approximate surface area is 147 Å². The topological polar surface area (TPSA) is 63.7 Å². The number of hydrogen-bond acceptors (Lipinski definition) is 4. The molecule has 0 bridgehead atoms. The number of carbonyl (C=O) groups is 1. The zero-order valence-electron chi connectivity index (χ0n) is 14.5. The van der Waals surface area contributed by atoms with Crippen LogP contribution in [-0.2, 0) is 0 Å². The molecule has 1 aliphatic rings. The number of carbonyl (C=O) groups excluding carboxylic acids is 1. The largest absolute Gasteiger partial charge is 0.486 e. The van der Waals surface area contributed by atoms with Crippen molar-refractivity contribution in [2.75, 3.05) is 19.7 Å². The van der Waals surface area contributed by atoms with Gasteiger partial charge >= 0.3 is 6.03 Å². The fourth-order valence-electron chi connectivity index (χ4n) is 2.74. The van der Waals surface area contributed by atoms with Crippen LogP contribution >= 0.6 is 0 Å². The summed E-state index contributed by atoms with van der Waals surface area (Å²) in [7, 11) is 0. The molecule has 1 N–H and O–H groups in total. The lowest BCUT2D eigenvalue weighted by Gasteiger charge is -2.31. The summed E-state index contributed by atoms with van der Waals surface area (Å²) in [5.41, 5.74) is 0.832. The van der Waals surface area contributed by atoms with Gasteiger partial charge < -0.3 is 19.7 Å². The number of likely N-dealkylation sites (N-methyl/N-ethyl adjacent to an activating group) is 1. The number of ether oxygens (including phenoxy) is 2. The molecule has 1 aromatic carbocycles. The Morgan fingerprint density at radius 3 is 2.76 bits per heavy atom. The molecule has 6 heteroatoms. The number of pyridine rings is 1. The maximum absolute atomic E-state index is 12.6. The summed E-state index contributed by atoms with van der Waals surface area (Å²) in [4.78, 5) is 18.6. The number of nitrogens with zero attached hydrogens (tertiary/aromatic N) is 2. The van der Waals surface area contributed by atoms with Crippen LogP contribution in [0.15, 0.2) is 48.7 Å². The Morgan fingerprint density at radius 2 is 2.04 bits per heavy atom. The summed E-state index contributed by atoms with van der Waals surface area (Å²) in [6, 6.07) is 12.9. The molecule has 25 heavy (non-hydrogen) atoms. The number of fused-ring (bicyclic) bond motifs is 1. The maximum Gasteiger partial charge on any atom is 0.318 e. The van der Waals surface area contributed by atoms with Gasteiger partial charge in [0.15, 0.2) is 17.6 Å². The second-order valence-electron chi connectivity index (χ2n) is 5.96. The first kappa shape index (κ1) is 17.1. The molecule has 1 aliphatic heterocycles. The molecule has 132 valence electrons. The predicted octanol–water partition coefficient (Wildman–Crippen LogP) is 3.01. The van der Waals surface area contributed by atoms with E-state index in [1.165, 1.54) is 0 Å². The van der Waals surface area contributed by atoms with Crippen molar-refractivity contribution in [2.24, 2.45) is 0 Å². The zero-order chi connectivity index (χ0) is 17.6. The minimum Gasteiger partial charge on any atom is -0.486 e. The highest BCUT2D eigenvalue weighted by Gasteiger charge is 2.25. The normalized spacial score (nSPS) is 16.8. The molecule has 6 nitrogen and oxygen atoms in total. The first-order valence-electron chi connectivity index (χ1n) is 8.52. The molecule has 2 amide bonds. The number of hydrogen-bond donors (Lipinski definition) is 1. The number of nitrogens with one attached hydrogen (secondary N) is 1. The average Bonchev–Trinajstić information content (AvgIpc) is 2.66. The van der Waals surface area contributed by atoms with Gasteiger partial charge in [-0.1, -0.05) is 18.2 Å². The molecule has 3 rings (SSSR count). The van der Waals surface area contributed by atoms with Gasteiger partial charge in [-0.25, -0.2) is 4.79 Å². The third-order valence-corrected chi connectivity index (χ3v) is 4.13. The van der Waals surface area contributed by atoms with E-state index in [1.807, 2.05) is 56.3 Å². The third-order valence-electron chi connectivity index (χ3n) is 4.13. The van der Waals surface area contributed by atoms with E-state index in [0.29, 0.717) is 19.7 Å². The highest BCUT2D eigenvalue weighted by molar-refractivity contribution is 5.74. The van der Waals surface area contributed by atoms with Crippen LogP contribution in [0.4, 0.5) is 4.79 Å². The van der Waals surface area contributed by atoms with Gasteiger partial charge in [0.25, 0.3) is 0 Å². The molecule has 0 saturated heterocycles. The molecule has 0 saturated carbocycles. The van der Waals surface area contributed by atoms with E-state index in [1.54, 1.807) is 11.1 Å². The van der Waals surface area contributed by atoms with Gasteiger partial charge in [-0.2, -0.15) is 0 Å². The van der Waals surface area contributed by atoms with Crippen molar-refractivity contribution in [2.45, 2.75) is 26.0 Å². The summed E-state index contributed by atoms with van der Waals surface area (Å²) in [6.45, 7) is 5.34. The first-order chi connectivity index (χ1) is 12.2. The lowest BCUT2D eigenvalue weighted by molar-refractivity contribution is 0.0672. The van der Waals surface area contributed by atoms with Gasteiger partial charge in [0, 0.05) is 12.7 Å². The number of benzene rings is 1. The minimum atomic E-state index is -0.189. The Balaban J connectivity index is 1.58. The third kappa shape index (κ3) is 4.21. The molecule has 0 radical (unpaired) electrons. The van der Waals surface area contributed by atoms with Gasteiger partial charge in [-0.05, 0) is 38.1 Å². The minimum absolute atomic E-state index is 0.136. The summed E-state index contributed by atoms with van der Waals surface area (Å²) >= 11 is 0. The van der Waals surface area contributed by atoms with E-state index in [-0.39, 0.29) is 18.2 Å². The molecule has 0 aliphatic carbocycles. The van der Waals surface area contributed by atoms with E-state index in [9.17, 15) is 4.79 Å². The summed E-state index contributed by atoms with van der Waals surface area (Å²) in [5, 5.41) is 2.98. The van der Waals surface area contributed by atoms with Crippen LogP contribution < -0.4 is 14.8 Å². The van der Waals surface area contributed by atoms with Gasteiger partial charge in [0.05, 0.1) is 18.3 Å². The quantitative estimate of drug-likeness (QED) is 0.908. The summed E-state index contributed by atoms with van der Waals surface area (Å²) < 4.78 is 11.7. The van der Waals surface area contributed by atoms with Crippen LogP contribution in [0.25, 0.3) is 0 Å². The molecular weight excluding hydrogens is 318 g/mol. The smallest absolute Gasteiger partial charge is 0.318 e. The molecule has 0 spiro atoms. The lowest BCUT2D eigenvalue weighted by Crippen LogP contribution is -2.47. The van der Waals surface area contributed by atoms with Gasteiger partial charge in [0.1, 0.15) is 6.61 Å². The van der Waals surface area contributed by atoms with Gasteiger partial charge in [0.2, 0.25) is 0 Å². The maximum atomic E-state index is 12.6. The van der Waals surface area contributed by atoms with Crippen molar-refractivity contribution in [1.29, 1.82) is 0 Å². The Kier molecular flexibility index (Phi) is 5.38. The average molecular weight is 341 g/mol. The fourth-order valence-corrected chi connectivity index (χ4v) is 2.74. The summed E-state index contributed by atoms with van der Waals surface area (Å²) in [5.74, 6) is 1.46. The van der Waals surface area contributed by atoms with Crippen LogP contribution in [-0.4, -0.2) is 41.7 Å². The van der Waals surface area contributed by atoms with Crippen LogP contribution in [0, 0.1) is 0 Å². The SMILES string of the molecule is CCN(C[C@H]1COc2ccccc2O1)C(=O)N[C@H](C)c1ccccn1. The molecule has 1 aromatic heterocycles. The highest BCUT2D eigenvalue weighted by atomic mass is 16.6. The molecule has 0 unspecified atom stereocenters. The number of urea groups is 1. The second-order valence-corrected chi connectivity index (χ2v) is 5.96. The van der Waals surface area contributed by atoms with Gasteiger partial charge in [-0.15, -0.1) is 0 Å². The number of aromatic nitrogens is 1. The Bertz CT molecular complexity index is 708. The van der Waals surface area contributed by atoms with Crippen LogP contribution in [0.2, 0.25) is 0 Å². The lowest BCUT2D eigenvalue weighted by atomic mass is 10.2. The molecule has 2 atom stereocenters. The van der Waals surface area contributed by atoms with Crippen molar-refractivity contribution in [3.8, 4) is 11.5 Å². The van der Waals surface area contributed by atoms with Crippen LogP contribution in [0.1, 0.15) is 25.6 Å². The molecule has 2 heterocycles. The van der Waals surface area contributed by atoms with Crippen molar-refractivity contribution in [3.63, 3.8) is 0 Å². The number of rotatable bonds is 5. The van der Waals surface area contributed by atoms with Crippen molar-refractivity contribution in [3.05, 3.63) is 54.4 Å². The monoisotopic (exact) mass is 341 g/mol. The van der Waals surface area contributed by atoms with E-state index >= 15 is 0 Å². The van der Waals surface area contributed by atoms with E-state index in [0.717, 1.165) is 17.2 Å². The highest BCUT2D eigenvalue weighted by Crippen LogP contribution is 2.31. The second kappa shape index (κ2) is 7.88. The van der Waals surface area contributed by atoms with Crippen molar-refractivity contribution < 1.29 is 14.3 Å². The first-order valence-corrected chi connectivity index (χ1v) is 8.52. The predicted molar refractivity (Wildman–Crippen MR) is 94.8 cm³/mol. The molecule has 2 aromatic rings. The fraction of sp³-hybridized carbons (Fsp3) is 0.368. The summed E-state index contributed by atoms with van der Waals surface area (Å²) in [6.07, 6.45) is 1.53. The number of amides is 2. The zero-order valence-corrected chi connectivity index (χ0v) is 14.5. The molecular formula is C19H23N3O3. The Hall–Kier alpha value is -2.76. The van der Waals surface area contributed by atoms with Gasteiger partial charge in [-0.3, -0.25) is 4.98 Å². The number of para-hydroxylation sites is 2. The van der Waals surface area contributed by atoms with Crippen LogP contribution in [0.5, 0.6) is 11.5 Å². The van der Waals surface area contributed by atoms with Crippen LogP contribution in [0.3, 0.4) is 0 Å². The van der Waals surface area contributed by atoms with E-state index < -0.39 is 0 Å². The van der Waals surface area contributed by atoms with E-state index in [2.05, 4.69) is 10.3 Å². The van der Waals surface area contributed by atoms with Crippen molar-refractivity contribution in [1.82, 2.24) is 15.2 Å². The molecule has 0 fully saturated rings. The standard InChI is InChI=1S/C19H23N3O3/c1-3-22(19(23)21-14(2)16-8-6-7-11-20-16)12-15-13-24-17-9-4-5-10-18(17)25-15/h4-11,14-15H,3,12-13H2,1-2H3,(H,21,23)/t14-,15+/m1/s1. The van der Waals surface area contributed by atoms with E-state index in [4.69, 9.17) is 9.47 Å².